The Labute approximate surface area is 185 Å². The van der Waals surface area contributed by atoms with Gasteiger partial charge in [0.25, 0.3) is 5.91 Å². The molecule has 1 aromatic heterocycles. The monoisotopic (exact) mass is 433 g/mol. The molecule has 8 heteroatoms. The summed E-state index contributed by atoms with van der Waals surface area (Å²) in [7, 11) is 1.57. The van der Waals surface area contributed by atoms with Crippen LogP contribution in [0.5, 0.6) is 5.75 Å². The van der Waals surface area contributed by atoms with Gasteiger partial charge in [-0.2, -0.15) is 0 Å². The first kappa shape index (κ1) is 21.2. The normalized spacial score (nSPS) is 15.5. The van der Waals surface area contributed by atoms with Gasteiger partial charge in [-0.1, -0.05) is 18.2 Å². The number of anilines is 2. The number of ether oxygens (including phenoxy) is 1. The van der Waals surface area contributed by atoms with Gasteiger partial charge in [0.15, 0.2) is 5.76 Å². The van der Waals surface area contributed by atoms with E-state index in [1.807, 2.05) is 30.3 Å². The molecule has 1 atom stereocenters. The highest BCUT2D eigenvalue weighted by molar-refractivity contribution is 6.02. The molecular weight excluding hydrogens is 410 g/mol. The zero-order valence-electron chi connectivity index (χ0n) is 17.5. The van der Waals surface area contributed by atoms with Crippen LogP contribution in [0.15, 0.2) is 71.3 Å². The largest absolute Gasteiger partial charge is 0.497 e. The summed E-state index contributed by atoms with van der Waals surface area (Å²) in [5.41, 5.74) is 2.22. The molecule has 0 aliphatic carbocycles. The molecule has 32 heavy (non-hydrogen) atoms. The number of nitrogens with one attached hydrogen (secondary N) is 2. The smallest absolute Gasteiger partial charge is 0.291 e. The average Bonchev–Trinajstić information content (AvgIpc) is 3.49. The van der Waals surface area contributed by atoms with Gasteiger partial charge in [-0.3, -0.25) is 14.4 Å². The number of rotatable bonds is 7. The van der Waals surface area contributed by atoms with E-state index in [1.54, 1.807) is 42.3 Å². The number of amides is 3. The first-order valence-corrected chi connectivity index (χ1v) is 10.2. The van der Waals surface area contributed by atoms with Gasteiger partial charge in [-0.25, -0.2) is 0 Å². The van der Waals surface area contributed by atoms with E-state index in [0.29, 0.717) is 24.5 Å². The molecule has 2 N–H and O–H groups in total. The Morgan fingerprint density at radius 2 is 1.94 bits per heavy atom. The summed E-state index contributed by atoms with van der Waals surface area (Å²) >= 11 is 0. The van der Waals surface area contributed by atoms with Crippen molar-refractivity contribution in [2.24, 2.45) is 5.92 Å². The van der Waals surface area contributed by atoms with Crippen molar-refractivity contribution in [2.45, 2.75) is 13.0 Å². The molecule has 0 saturated carbocycles. The molecule has 0 spiro atoms. The molecule has 2 heterocycles. The van der Waals surface area contributed by atoms with E-state index < -0.39 is 5.92 Å². The Bertz CT molecular complexity index is 1110. The predicted molar refractivity (Wildman–Crippen MR) is 118 cm³/mol. The van der Waals surface area contributed by atoms with E-state index in [1.165, 1.54) is 6.26 Å². The quantitative estimate of drug-likeness (QED) is 0.596. The third-order valence-corrected chi connectivity index (χ3v) is 5.28. The predicted octanol–water partition coefficient (Wildman–Crippen LogP) is 3.21. The lowest BCUT2D eigenvalue weighted by Gasteiger charge is -2.17. The molecule has 164 valence electrons. The molecule has 1 aliphatic heterocycles. The zero-order valence-corrected chi connectivity index (χ0v) is 17.5. The van der Waals surface area contributed by atoms with Crippen molar-refractivity contribution in [1.29, 1.82) is 0 Å². The fourth-order valence-electron chi connectivity index (χ4n) is 3.55. The van der Waals surface area contributed by atoms with Gasteiger partial charge in [0.05, 0.1) is 19.3 Å². The summed E-state index contributed by atoms with van der Waals surface area (Å²) in [6.45, 7) is 0.657. The lowest BCUT2D eigenvalue weighted by Crippen LogP contribution is -2.32. The number of methoxy groups -OCH3 is 1. The highest BCUT2D eigenvalue weighted by atomic mass is 16.5. The first-order valence-electron chi connectivity index (χ1n) is 10.2. The molecule has 8 nitrogen and oxygen atoms in total. The van der Waals surface area contributed by atoms with Gasteiger partial charge in [-0.05, 0) is 42.0 Å². The number of benzene rings is 2. The van der Waals surface area contributed by atoms with Crippen LogP contribution < -0.4 is 20.3 Å². The number of carbonyl (C=O) groups is 3. The second-order valence-electron chi connectivity index (χ2n) is 7.45. The molecule has 2 aromatic carbocycles. The summed E-state index contributed by atoms with van der Waals surface area (Å²) in [6, 6.07) is 17.6. The van der Waals surface area contributed by atoms with Crippen molar-refractivity contribution in [1.82, 2.24) is 5.32 Å². The van der Waals surface area contributed by atoms with Crippen LogP contribution in [0.25, 0.3) is 0 Å². The van der Waals surface area contributed by atoms with E-state index in [2.05, 4.69) is 10.6 Å². The lowest BCUT2D eigenvalue weighted by molar-refractivity contribution is -0.126. The standard InChI is InChI=1S/C24H23N3O5/c1-31-20-5-2-4-19(13-20)27-15-17(12-22(27)28)23(29)25-14-16-7-9-18(10-8-16)26-24(30)21-6-3-11-32-21/h2-11,13,17H,12,14-15H2,1H3,(H,25,29)(H,26,30)/t17-/m0/s1. The molecule has 0 unspecified atom stereocenters. The van der Waals surface area contributed by atoms with Crippen LogP contribution in [0.2, 0.25) is 0 Å². The Hall–Kier alpha value is -4.07. The second kappa shape index (κ2) is 9.38. The summed E-state index contributed by atoms with van der Waals surface area (Å²) in [4.78, 5) is 38.7. The number of carbonyl (C=O) groups excluding carboxylic acids is 3. The Morgan fingerprint density at radius 1 is 1.12 bits per heavy atom. The molecule has 1 aliphatic rings. The molecule has 3 aromatic rings. The first-order chi connectivity index (χ1) is 15.5. The SMILES string of the molecule is COc1cccc(N2C[C@@H](C(=O)NCc3ccc(NC(=O)c4ccco4)cc3)CC2=O)c1. The lowest BCUT2D eigenvalue weighted by atomic mass is 10.1. The zero-order chi connectivity index (χ0) is 22.5. The van der Waals surface area contributed by atoms with E-state index in [-0.39, 0.29) is 29.9 Å². The van der Waals surface area contributed by atoms with Crippen LogP contribution in [-0.2, 0) is 16.1 Å². The number of nitrogens with zero attached hydrogens (tertiary/aromatic N) is 1. The maximum absolute atomic E-state index is 12.6. The van der Waals surface area contributed by atoms with Gasteiger partial charge >= 0.3 is 0 Å². The minimum absolute atomic E-state index is 0.0879. The average molecular weight is 433 g/mol. The second-order valence-corrected chi connectivity index (χ2v) is 7.45. The van der Waals surface area contributed by atoms with Gasteiger partial charge in [0, 0.05) is 37.0 Å². The van der Waals surface area contributed by atoms with Crippen LogP contribution in [0.4, 0.5) is 11.4 Å². The maximum Gasteiger partial charge on any atom is 0.291 e. The number of hydrogen-bond acceptors (Lipinski definition) is 5. The Balaban J connectivity index is 1.30. The minimum Gasteiger partial charge on any atom is -0.497 e. The van der Waals surface area contributed by atoms with Gasteiger partial charge < -0.3 is 24.7 Å². The summed E-state index contributed by atoms with van der Waals surface area (Å²) in [6.07, 6.45) is 1.61. The molecule has 1 saturated heterocycles. The fourth-order valence-corrected chi connectivity index (χ4v) is 3.55. The number of furan rings is 1. The summed E-state index contributed by atoms with van der Waals surface area (Å²) < 4.78 is 10.3. The van der Waals surface area contributed by atoms with Crippen LogP contribution in [-0.4, -0.2) is 31.4 Å². The van der Waals surface area contributed by atoms with Crippen molar-refractivity contribution in [3.05, 3.63) is 78.3 Å². The van der Waals surface area contributed by atoms with Gasteiger partial charge in [0.2, 0.25) is 11.8 Å². The van der Waals surface area contributed by atoms with Crippen LogP contribution in [0, 0.1) is 5.92 Å². The van der Waals surface area contributed by atoms with Gasteiger partial charge in [0.1, 0.15) is 5.75 Å². The topological polar surface area (TPSA) is 101 Å². The fraction of sp³-hybridized carbons (Fsp3) is 0.208. The molecule has 3 amide bonds. The third kappa shape index (κ3) is 4.80. The summed E-state index contributed by atoms with van der Waals surface area (Å²) in [5.74, 6) is -0.112. The molecule has 1 fully saturated rings. The maximum atomic E-state index is 12.6. The van der Waals surface area contributed by atoms with Crippen LogP contribution in [0.1, 0.15) is 22.5 Å². The molecule has 0 radical (unpaired) electrons. The van der Waals surface area contributed by atoms with Crippen molar-refractivity contribution < 1.29 is 23.5 Å². The van der Waals surface area contributed by atoms with Crippen LogP contribution in [0.3, 0.4) is 0 Å². The Kier molecular flexibility index (Phi) is 6.21. The van der Waals surface area contributed by atoms with E-state index >= 15 is 0 Å². The third-order valence-electron chi connectivity index (χ3n) is 5.28. The van der Waals surface area contributed by atoms with Crippen molar-refractivity contribution in [3.8, 4) is 5.75 Å². The van der Waals surface area contributed by atoms with E-state index in [0.717, 1.165) is 11.3 Å². The highest BCUT2D eigenvalue weighted by Gasteiger charge is 2.35. The molecule has 4 rings (SSSR count). The summed E-state index contributed by atoms with van der Waals surface area (Å²) in [5, 5.41) is 5.64. The number of hydrogen-bond donors (Lipinski definition) is 2. The Morgan fingerprint density at radius 3 is 2.66 bits per heavy atom. The molecular formula is C24H23N3O5. The van der Waals surface area contributed by atoms with Crippen molar-refractivity contribution >= 4 is 29.1 Å². The van der Waals surface area contributed by atoms with Crippen molar-refractivity contribution in [3.63, 3.8) is 0 Å². The van der Waals surface area contributed by atoms with Crippen molar-refractivity contribution in [2.75, 3.05) is 23.9 Å². The van der Waals surface area contributed by atoms with Crippen LogP contribution >= 0.6 is 0 Å². The van der Waals surface area contributed by atoms with E-state index in [4.69, 9.17) is 9.15 Å². The highest BCUT2D eigenvalue weighted by Crippen LogP contribution is 2.28. The minimum atomic E-state index is -0.416. The van der Waals surface area contributed by atoms with E-state index in [9.17, 15) is 14.4 Å². The van der Waals surface area contributed by atoms with Gasteiger partial charge in [-0.15, -0.1) is 0 Å². The molecule has 0 bridgehead atoms.